The number of carbonyl (C=O) groups is 1. The van der Waals surface area contributed by atoms with Gasteiger partial charge in [-0.3, -0.25) is 10.1 Å². The van der Waals surface area contributed by atoms with E-state index in [4.69, 9.17) is 5.11 Å². The lowest BCUT2D eigenvalue weighted by atomic mass is 10.1. The first-order valence-electron chi connectivity index (χ1n) is 3.84. The van der Waals surface area contributed by atoms with Crippen LogP contribution < -0.4 is 0 Å². The smallest absolute Gasteiger partial charge is 0.343 e. The number of hydrogen-bond acceptors (Lipinski definition) is 3. The average molecular weight is 235 g/mol. The Bertz CT molecular complexity index is 461. The number of nitro groups is 1. The molecule has 1 N–H and O–H groups in total. The minimum absolute atomic E-state index is 0.265. The molecule has 0 radical (unpaired) electrons. The maximum Gasteiger partial charge on any atom is 0.343 e. The zero-order valence-corrected chi connectivity index (χ0v) is 7.49. The summed E-state index contributed by atoms with van der Waals surface area (Å²) in [6.45, 7) is 0. The second-order valence-corrected chi connectivity index (χ2v) is 2.75. The molecule has 0 aliphatic carbocycles. The number of rotatable bonds is 3. The fraction of sp³-hybridized carbons (Fsp3) is 0.125. The molecule has 8 heteroatoms. The highest BCUT2D eigenvalue weighted by atomic mass is 19.3. The molecule has 0 heterocycles. The molecule has 86 valence electrons. The molecule has 1 aromatic carbocycles. The molecule has 0 saturated carbocycles. The van der Waals surface area contributed by atoms with Crippen LogP contribution in [0, 0.1) is 15.9 Å². The molecule has 0 spiro atoms. The number of hydrogen-bond donors (Lipinski definition) is 1. The molecule has 0 aliphatic heterocycles. The van der Waals surface area contributed by atoms with Gasteiger partial charge in [0.25, 0.3) is 12.1 Å². The number of alkyl halides is 2. The van der Waals surface area contributed by atoms with E-state index in [9.17, 15) is 28.1 Å². The van der Waals surface area contributed by atoms with Gasteiger partial charge in [-0.25, -0.2) is 18.0 Å². The van der Waals surface area contributed by atoms with Gasteiger partial charge in [0.1, 0.15) is 11.4 Å². The van der Waals surface area contributed by atoms with Crippen LogP contribution in [0.25, 0.3) is 0 Å². The van der Waals surface area contributed by atoms with Crippen LogP contribution in [0.5, 0.6) is 0 Å². The number of benzene rings is 1. The van der Waals surface area contributed by atoms with Gasteiger partial charge in [0, 0.05) is 5.56 Å². The van der Waals surface area contributed by atoms with Crippen molar-refractivity contribution >= 4 is 11.7 Å². The zero-order chi connectivity index (χ0) is 12.5. The Kier molecular flexibility index (Phi) is 3.11. The van der Waals surface area contributed by atoms with Crippen molar-refractivity contribution in [1.29, 1.82) is 0 Å². The highest BCUT2D eigenvalue weighted by Crippen LogP contribution is 2.30. The second kappa shape index (κ2) is 4.17. The Balaban J connectivity index is 3.60. The van der Waals surface area contributed by atoms with Crippen LogP contribution in [0.2, 0.25) is 0 Å². The van der Waals surface area contributed by atoms with E-state index in [1.165, 1.54) is 0 Å². The molecule has 0 fully saturated rings. The van der Waals surface area contributed by atoms with E-state index in [0.29, 0.717) is 0 Å². The predicted molar refractivity (Wildman–Crippen MR) is 45.0 cm³/mol. The molecule has 0 saturated heterocycles. The van der Waals surface area contributed by atoms with Crippen molar-refractivity contribution in [2.45, 2.75) is 6.43 Å². The van der Waals surface area contributed by atoms with Crippen molar-refractivity contribution in [3.63, 3.8) is 0 Å². The molecule has 1 aromatic rings. The van der Waals surface area contributed by atoms with Crippen molar-refractivity contribution in [3.05, 3.63) is 39.2 Å². The van der Waals surface area contributed by atoms with E-state index in [0.717, 1.165) is 0 Å². The molecule has 16 heavy (non-hydrogen) atoms. The molecule has 0 bridgehead atoms. The number of carboxylic acid groups (broad SMARTS) is 1. The summed E-state index contributed by atoms with van der Waals surface area (Å²) < 4.78 is 37.5. The summed E-state index contributed by atoms with van der Waals surface area (Å²) in [6.07, 6.45) is -3.31. The monoisotopic (exact) mass is 235 g/mol. The topological polar surface area (TPSA) is 80.4 Å². The van der Waals surface area contributed by atoms with Crippen molar-refractivity contribution in [2.24, 2.45) is 0 Å². The van der Waals surface area contributed by atoms with E-state index in [1.54, 1.807) is 0 Å². The Morgan fingerprint density at radius 1 is 1.44 bits per heavy atom. The van der Waals surface area contributed by atoms with E-state index in [1.807, 2.05) is 0 Å². The van der Waals surface area contributed by atoms with Gasteiger partial charge in [-0.15, -0.1) is 0 Å². The third kappa shape index (κ3) is 2.10. The van der Waals surface area contributed by atoms with Gasteiger partial charge in [-0.1, -0.05) is 0 Å². The fourth-order valence-corrected chi connectivity index (χ4v) is 1.16. The lowest BCUT2D eigenvalue weighted by Crippen LogP contribution is -2.08. The molecule has 0 atom stereocenters. The molecule has 0 aromatic heterocycles. The van der Waals surface area contributed by atoms with E-state index in [-0.39, 0.29) is 12.1 Å². The largest absolute Gasteiger partial charge is 0.477 e. The minimum Gasteiger partial charge on any atom is -0.477 e. The first-order valence-corrected chi connectivity index (χ1v) is 3.84. The average Bonchev–Trinajstić information content (AvgIpc) is 2.15. The van der Waals surface area contributed by atoms with Crippen LogP contribution in [-0.4, -0.2) is 16.0 Å². The maximum absolute atomic E-state index is 12.8. The lowest BCUT2D eigenvalue weighted by Gasteiger charge is -2.05. The Morgan fingerprint density at radius 2 is 2.00 bits per heavy atom. The number of nitrogens with zero attached hydrogens (tertiary/aromatic N) is 1. The SMILES string of the molecule is O=C(O)c1c(C(F)F)cc(F)cc1[N+](=O)[O-]. The minimum atomic E-state index is -3.31. The third-order valence-electron chi connectivity index (χ3n) is 1.76. The second-order valence-electron chi connectivity index (χ2n) is 2.75. The molecular formula is C8H4F3NO4. The summed E-state index contributed by atoms with van der Waals surface area (Å²) in [5, 5.41) is 19.0. The van der Waals surface area contributed by atoms with Crippen LogP contribution in [-0.2, 0) is 0 Å². The maximum atomic E-state index is 12.8. The van der Waals surface area contributed by atoms with Crippen LogP contribution in [0.3, 0.4) is 0 Å². The first kappa shape index (κ1) is 12.0. The quantitative estimate of drug-likeness (QED) is 0.644. The first-order chi connectivity index (χ1) is 7.34. The number of nitro benzene ring substituents is 1. The van der Waals surface area contributed by atoms with E-state index in [2.05, 4.69) is 0 Å². The van der Waals surface area contributed by atoms with Crippen LogP contribution in [0.15, 0.2) is 12.1 Å². The highest BCUT2D eigenvalue weighted by molar-refractivity contribution is 5.94. The van der Waals surface area contributed by atoms with Gasteiger partial charge < -0.3 is 5.11 Å². The molecular weight excluding hydrogens is 231 g/mol. The van der Waals surface area contributed by atoms with Gasteiger partial charge in [0.05, 0.1) is 11.0 Å². The summed E-state index contributed by atoms with van der Waals surface area (Å²) >= 11 is 0. The molecule has 5 nitrogen and oxygen atoms in total. The van der Waals surface area contributed by atoms with Crippen molar-refractivity contribution in [2.75, 3.05) is 0 Å². The van der Waals surface area contributed by atoms with Crippen LogP contribution in [0.4, 0.5) is 18.9 Å². The van der Waals surface area contributed by atoms with Crippen LogP contribution >= 0.6 is 0 Å². The van der Waals surface area contributed by atoms with Gasteiger partial charge in [-0.05, 0) is 6.07 Å². The Hall–Kier alpha value is -2.12. The van der Waals surface area contributed by atoms with Crippen molar-refractivity contribution in [1.82, 2.24) is 0 Å². The molecule has 1 rings (SSSR count). The molecule has 0 unspecified atom stereocenters. The lowest BCUT2D eigenvalue weighted by molar-refractivity contribution is -0.385. The van der Waals surface area contributed by atoms with E-state index < -0.39 is 39.9 Å². The van der Waals surface area contributed by atoms with Gasteiger partial charge >= 0.3 is 5.97 Å². The highest BCUT2D eigenvalue weighted by Gasteiger charge is 2.29. The van der Waals surface area contributed by atoms with Gasteiger partial charge in [0.2, 0.25) is 0 Å². The van der Waals surface area contributed by atoms with E-state index >= 15 is 0 Å². The number of halogens is 3. The summed E-state index contributed by atoms with van der Waals surface area (Å²) in [7, 11) is 0. The molecule has 0 amide bonds. The van der Waals surface area contributed by atoms with Crippen molar-refractivity contribution < 1.29 is 28.0 Å². The Labute approximate surface area is 86.3 Å². The summed E-state index contributed by atoms with van der Waals surface area (Å²) in [5.41, 5.74) is -3.59. The third-order valence-corrected chi connectivity index (χ3v) is 1.76. The normalized spacial score (nSPS) is 10.5. The van der Waals surface area contributed by atoms with Gasteiger partial charge in [0.15, 0.2) is 0 Å². The van der Waals surface area contributed by atoms with Crippen LogP contribution in [0.1, 0.15) is 22.3 Å². The zero-order valence-electron chi connectivity index (χ0n) is 7.49. The summed E-state index contributed by atoms with van der Waals surface area (Å²) in [6, 6.07) is 0.552. The number of aromatic carboxylic acids is 1. The standard InChI is InChI=1S/C8H4F3NO4/c9-3-1-4(7(10)11)6(8(13)14)5(2-3)12(15)16/h1-2,7H,(H,13,14). The number of carboxylic acids is 1. The van der Waals surface area contributed by atoms with Crippen molar-refractivity contribution in [3.8, 4) is 0 Å². The van der Waals surface area contributed by atoms with Gasteiger partial charge in [-0.2, -0.15) is 0 Å². The molecule has 0 aliphatic rings. The summed E-state index contributed by atoms with van der Waals surface area (Å²) in [4.78, 5) is 19.8. The predicted octanol–water partition coefficient (Wildman–Crippen LogP) is 2.37. The Morgan fingerprint density at radius 3 is 2.38 bits per heavy atom. The summed E-state index contributed by atoms with van der Waals surface area (Å²) in [5.74, 6) is -3.19. The fourth-order valence-electron chi connectivity index (χ4n) is 1.16.